The molecular formula is C55H72N4O5. The molecule has 6 atom stereocenters. The molecule has 6 aliphatic rings. The average Bonchev–Trinajstić information content (AvgIpc) is 3.99. The van der Waals surface area contributed by atoms with Crippen LogP contribution >= 0.6 is 0 Å². The zero-order chi connectivity index (χ0) is 46.4. The van der Waals surface area contributed by atoms with Gasteiger partial charge in [0, 0.05) is 46.6 Å². The van der Waals surface area contributed by atoms with Crippen LogP contribution in [0.4, 0.5) is 0 Å². The summed E-state index contributed by atoms with van der Waals surface area (Å²) in [5, 5.41) is 0. The first kappa shape index (κ1) is 48.4. The fraction of sp³-hybridized carbons (Fsp3) is 0.545. The highest BCUT2D eigenvalue weighted by atomic mass is 16.5. The number of ketones is 1. The second-order valence-corrected chi connectivity index (χ2v) is 19.5. The molecule has 0 fully saturated rings. The van der Waals surface area contributed by atoms with Crippen molar-refractivity contribution in [1.29, 1.82) is 0 Å². The Kier molecular flexibility index (Phi) is 16.1. The lowest BCUT2D eigenvalue weighted by atomic mass is 9.81. The summed E-state index contributed by atoms with van der Waals surface area (Å²) >= 11 is 0. The molecule has 342 valence electrons. The standard InChI is InChI=1S/C55H72N4O5/c1-13-39-35(8)42-28-44-37(10)41(24-25-48(60)64-27-26-34(7)23-17-22-33(6)21-16-20-32(5)19-15-18-31(3)4)52(58-44)50-51(55(62)63-12)54(61)49-38(11)45(59-53(49)50)30-47-40(14-2)36(9)43(57-47)29-46(39)56-42/h13-14,26,28-33,36-37,41,51H,1,15-25,27H2,2-12H3. The summed E-state index contributed by atoms with van der Waals surface area (Å²) in [6.07, 6.45) is 23.7. The van der Waals surface area contributed by atoms with E-state index in [0.717, 1.165) is 69.9 Å². The maximum absolute atomic E-state index is 14.4. The van der Waals surface area contributed by atoms with Crippen LogP contribution in [-0.2, 0) is 23.9 Å². The Hall–Kier alpha value is -5.05. The van der Waals surface area contributed by atoms with Crippen LogP contribution in [-0.4, -0.2) is 54.3 Å². The summed E-state index contributed by atoms with van der Waals surface area (Å²) in [5.74, 6) is -0.717. The van der Waals surface area contributed by atoms with Crippen molar-refractivity contribution in [2.75, 3.05) is 13.7 Å². The highest BCUT2D eigenvalue weighted by Crippen LogP contribution is 2.48. The number of nitrogens with zero attached hydrogens (tertiary/aromatic N) is 4. The number of Topliss-reactive ketones (excluding diaryl/α,β-unsaturated/α-hetero) is 1. The topological polar surface area (TPSA) is 119 Å². The van der Waals surface area contributed by atoms with Crippen LogP contribution < -0.4 is 0 Å². The summed E-state index contributed by atoms with van der Waals surface area (Å²) in [4.78, 5) is 61.8. The first-order chi connectivity index (χ1) is 30.6. The highest BCUT2D eigenvalue weighted by molar-refractivity contribution is 6.31. The minimum atomic E-state index is -1.22. The van der Waals surface area contributed by atoms with Gasteiger partial charge >= 0.3 is 11.9 Å². The molecule has 0 N–H and O–H groups in total. The number of allylic oxidation sites excluding steroid dienone is 11. The molecule has 6 rings (SSSR count). The van der Waals surface area contributed by atoms with Crippen LogP contribution in [0.15, 0.2) is 125 Å². The molecule has 6 unspecified atom stereocenters. The molecule has 5 aliphatic heterocycles. The normalized spacial score (nSPS) is 24.5. The van der Waals surface area contributed by atoms with E-state index in [0.29, 0.717) is 46.2 Å². The molecule has 0 saturated carbocycles. The van der Waals surface area contributed by atoms with E-state index in [9.17, 15) is 14.4 Å². The lowest BCUT2D eigenvalue weighted by Gasteiger charge is -2.21. The maximum atomic E-state index is 14.4. The average molecular weight is 869 g/mol. The zero-order valence-corrected chi connectivity index (χ0v) is 40.5. The van der Waals surface area contributed by atoms with Gasteiger partial charge in [-0.05, 0) is 106 Å². The Morgan fingerprint density at radius 3 is 2.17 bits per heavy atom. The molecule has 0 spiro atoms. The highest BCUT2D eigenvalue weighted by Gasteiger charge is 2.51. The summed E-state index contributed by atoms with van der Waals surface area (Å²) in [6.45, 7) is 26.0. The zero-order valence-electron chi connectivity index (χ0n) is 40.5. The predicted molar refractivity (Wildman–Crippen MR) is 261 cm³/mol. The third kappa shape index (κ3) is 10.6. The van der Waals surface area contributed by atoms with E-state index in [-0.39, 0.29) is 42.5 Å². The van der Waals surface area contributed by atoms with E-state index in [1.54, 1.807) is 0 Å². The van der Waals surface area contributed by atoms with Crippen LogP contribution in [0.1, 0.15) is 140 Å². The number of methoxy groups -OCH3 is 1. The van der Waals surface area contributed by atoms with Crippen LogP contribution in [0.2, 0.25) is 0 Å². The number of hydrogen-bond acceptors (Lipinski definition) is 9. The van der Waals surface area contributed by atoms with E-state index in [1.165, 1.54) is 57.6 Å². The number of carbonyl (C=O) groups is 3. The fourth-order valence-corrected chi connectivity index (χ4v) is 10.1. The summed E-state index contributed by atoms with van der Waals surface area (Å²) in [5.41, 5.74) is 11.2. The van der Waals surface area contributed by atoms with Gasteiger partial charge in [0.05, 0.1) is 47.0 Å². The molecule has 0 aromatic carbocycles. The van der Waals surface area contributed by atoms with Gasteiger partial charge in [-0.25, -0.2) is 9.98 Å². The maximum Gasteiger partial charge on any atom is 0.321 e. The molecule has 0 aromatic rings. The van der Waals surface area contributed by atoms with Gasteiger partial charge in [0.15, 0.2) is 5.78 Å². The van der Waals surface area contributed by atoms with Gasteiger partial charge in [-0.2, -0.15) is 0 Å². The van der Waals surface area contributed by atoms with Crippen molar-refractivity contribution in [1.82, 2.24) is 0 Å². The number of hydrogen-bond donors (Lipinski definition) is 0. The van der Waals surface area contributed by atoms with Gasteiger partial charge in [0.2, 0.25) is 0 Å². The molecular weight excluding hydrogens is 797 g/mol. The van der Waals surface area contributed by atoms with Gasteiger partial charge in [0.25, 0.3) is 0 Å². The molecule has 0 saturated heterocycles. The minimum absolute atomic E-state index is 0.00356. The van der Waals surface area contributed by atoms with Crippen molar-refractivity contribution < 1.29 is 23.9 Å². The number of carbonyl (C=O) groups excluding carboxylic acids is 3. The van der Waals surface area contributed by atoms with E-state index in [2.05, 4.69) is 61.1 Å². The Labute approximate surface area is 382 Å². The first-order valence-electron chi connectivity index (χ1n) is 24.0. The summed E-state index contributed by atoms with van der Waals surface area (Å²) in [6, 6.07) is 0. The summed E-state index contributed by atoms with van der Waals surface area (Å²) in [7, 11) is 1.29. The second kappa shape index (κ2) is 21.3. The molecule has 0 aromatic heterocycles. The third-order valence-corrected chi connectivity index (χ3v) is 14.3. The molecule has 0 radical (unpaired) electrons. The van der Waals surface area contributed by atoms with Gasteiger partial charge in [-0.1, -0.05) is 111 Å². The molecule has 0 amide bonds. The summed E-state index contributed by atoms with van der Waals surface area (Å²) < 4.78 is 11.0. The van der Waals surface area contributed by atoms with Gasteiger partial charge in [-0.3, -0.25) is 24.4 Å². The van der Waals surface area contributed by atoms with Crippen LogP contribution in [0.5, 0.6) is 0 Å². The van der Waals surface area contributed by atoms with Crippen molar-refractivity contribution in [3.8, 4) is 0 Å². The van der Waals surface area contributed by atoms with Gasteiger partial charge < -0.3 is 9.47 Å². The second-order valence-electron chi connectivity index (χ2n) is 19.5. The van der Waals surface area contributed by atoms with Crippen molar-refractivity contribution in [2.45, 2.75) is 140 Å². The van der Waals surface area contributed by atoms with Gasteiger partial charge in [0.1, 0.15) is 12.5 Å². The van der Waals surface area contributed by atoms with Crippen molar-refractivity contribution in [3.63, 3.8) is 0 Å². The number of rotatable bonds is 19. The molecule has 1 aliphatic carbocycles. The Morgan fingerprint density at radius 2 is 1.52 bits per heavy atom. The van der Waals surface area contributed by atoms with Gasteiger partial charge in [-0.15, -0.1) is 0 Å². The monoisotopic (exact) mass is 869 g/mol. The quantitative estimate of drug-likeness (QED) is 0.0727. The number of ether oxygens (including phenoxy) is 2. The molecule has 64 heavy (non-hydrogen) atoms. The Bertz CT molecular complexity index is 2310. The Morgan fingerprint density at radius 1 is 0.844 bits per heavy atom. The SMILES string of the molecule is C=CC1=C(C)C2=NC1=CC1=NC(=CC3=NC4=C(C5=NC(=C2)C(C)C5CCC(=O)OCC=C(C)CCCC(C)CCCC(C)CCCC(C)C)C(C(=O)OC)C(=O)C4=C3C)C(=CC)C1C. The Balaban J connectivity index is 1.19. The van der Waals surface area contributed by atoms with Crippen LogP contribution in [0, 0.1) is 41.4 Å². The fourth-order valence-electron chi connectivity index (χ4n) is 10.1. The predicted octanol–water partition coefficient (Wildman–Crippen LogP) is 12.5. The smallest absolute Gasteiger partial charge is 0.321 e. The molecule has 8 bridgehead atoms. The largest absolute Gasteiger partial charge is 0.468 e. The van der Waals surface area contributed by atoms with Crippen LogP contribution in [0.3, 0.4) is 0 Å². The van der Waals surface area contributed by atoms with Crippen molar-refractivity contribution >= 4 is 40.6 Å². The molecule has 9 nitrogen and oxygen atoms in total. The number of fused-ring (bicyclic) bond motifs is 4. The number of esters is 2. The molecule has 5 heterocycles. The number of aliphatic imine (C=N–C) groups is 4. The van der Waals surface area contributed by atoms with E-state index >= 15 is 0 Å². The third-order valence-electron chi connectivity index (χ3n) is 14.3. The minimum Gasteiger partial charge on any atom is -0.468 e. The lowest BCUT2D eigenvalue weighted by Crippen LogP contribution is -2.30. The van der Waals surface area contributed by atoms with Crippen molar-refractivity contribution in [2.24, 2.45) is 61.4 Å². The molecule has 9 heteroatoms. The van der Waals surface area contributed by atoms with E-state index < -0.39 is 11.9 Å². The lowest BCUT2D eigenvalue weighted by molar-refractivity contribution is -0.146. The first-order valence-corrected chi connectivity index (χ1v) is 24.0. The van der Waals surface area contributed by atoms with Crippen LogP contribution in [0.25, 0.3) is 0 Å². The van der Waals surface area contributed by atoms with E-state index in [1.807, 2.05) is 51.2 Å². The van der Waals surface area contributed by atoms with E-state index in [4.69, 9.17) is 29.4 Å². The van der Waals surface area contributed by atoms with Crippen molar-refractivity contribution in [3.05, 3.63) is 105 Å².